The number of thiazole rings is 2. The number of fused-ring (bicyclic) bond motifs is 1. The Hall–Kier alpha value is -2.58. The molecule has 0 aliphatic carbocycles. The van der Waals surface area contributed by atoms with Gasteiger partial charge in [-0.2, -0.15) is 0 Å². The van der Waals surface area contributed by atoms with Crippen molar-refractivity contribution in [1.82, 2.24) is 19.4 Å². The van der Waals surface area contributed by atoms with Crippen molar-refractivity contribution in [2.75, 3.05) is 5.32 Å². The molecular formula is C16H13N5OS2. The SMILES string of the molecule is Cc1nc(NC(=O)Cc2cn3ccsc3n2)sc1-c1ccccn1. The number of amides is 1. The summed E-state index contributed by atoms with van der Waals surface area (Å²) in [7, 11) is 0. The van der Waals surface area contributed by atoms with Crippen LogP contribution in [-0.4, -0.2) is 25.3 Å². The van der Waals surface area contributed by atoms with E-state index in [-0.39, 0.29) is 12.3 Å². The number of carbonyl (C=O) groups excluding carboxylic acids is 1. The molecule has 0 aliphatic heterocycles. The molecule has 0 saturated carbocycles. The largest absolute Gasteiger partial charge is 0.302 e. The van der Waals surface area contributed by atoms with Gasteiger partial charge in [0.2, 0.25) is 5.91 Å². The molecule has 4 heterocycles. The molecule has 4 aromatic rings. The predicted octanol–water partition coefficient (Wildman–Crippen LogP) is 3.40. The van der Waals surface area contributed by atoms with Gasteiger partial charge in [0, 0.05) is 24.0 Å². The van der Waals surface area contributed by atoms with E-state index in [4.69, 9.17) is 0 Å². The summed E-state index contributed by atoms with van der Waals surface area (Å²) in [5.74, 6) is -0.123. The van der Waals surface area contributed by atoms with Crippen LogP contribution in [0.4, 0.5) is 5.13 Å². The van der Waals surface area contributed by atoms with Gasteiger partial charge in [-0.3, -0.25) is 14.2 Å². The van der Waals surface area contributed by atoms with Crippen molar-refractivity contribution >= 4 is 38.7 Å². The van der Waals surface area contributed by atoms with Gasteiger partial charge >= 0.3 is 0 Å². The predicted molar refractivity (Wildman–Crippen MR) is 95.5 cm³/mol. The minimum atomic E-state index is -0.123. The van der Waals surface area contributed by atoms with E-state index in [0.717, 1.165) is 26.9 Å². The third kappa shape index (κ3) is 2.93. The van der Waals surface area contributed by atoms with Gasteiger partial charge in [0.05, 0.1) is 28.4 Å². The Balaban J connectivity index is 1.49. The molecule has 0 aliphatic rings. The number of rotatable bonds is 4. The van der Waals surface area contributed by atoms with Gasteiger partial charge in [0.15, 0.2) is 10.1 Å². The second kappa shape index (κ2) is 6.14. The summed E-state index contributed by atoms with van der Waals surface area (Å²) in [4.78, 5) is 27.3. The zero-order valence-electron chi connectivity index (χ0n) is 12.8. The van der Waals surface area contributed by atoms with Gasteiger partial charge in [-0.25, -0.2) is 9.97 Å². The number of anilines is 1. The smallest absolute Gasteiger partial charge is 0.232 e. The maximum Gasteiger partial charge on any atom is 0.232 e. The number of hydrogen-bond donors (Lipinski definition) is 1. The number of carbonyl (C=O) groups is 1. The highest BCUT2D eigenvalue weighted by Crippen LogP contribution is 2.31. The van der Waals surface area contributed by atoms with E-state index >= 15 is 0 Å². The first-order valence-corrected chi connectivity index (χ1v) is 8.98. The summed E-state index contributed by atoms with van der Waals surface area (Å²) in [5.41, 5.74) is 2.47. The van der Waals surface area contributed by atoms with Gasteiger partial charge < -0.3 is 5.32 Å². The molecule has 4 rings (SSSR count). The number of nitrogens with zero attached hydrogens (tertiary/aromatic N) is 4. The minimum absolute atomic E-state index is 0.123. The van der Waals surface area contributed by atoms with Crippen molar-refractivity contribution in [3.05, 3.63) is 53.6 Å². The maximum atomic E-state index is 12.2. The lowest BCUT2D eigenvalue weighted by Gasteiger charge is -1.98. The lowest BCUT2D eigenvalue weighted by atomic mass is 10.3. The van der Waals surface area contributed by atoms with Gasteiger partial charge in [0.1, 0.15) is 0 Å². The molecule has 0 unspecified atom stereocenters. The molecule has 0 saturated heterocycles. The van der Waals surface area contributed by atoms with Crippen molar-refractivity contribution < 1.29 is 4.79 Å². The number of pyridine rings is 1. The summed E-state index contributed by atoms with van der Waals surface area (Å²) < 4.78 is 1.92. The number of nitrogens with one attached hydrogen (secondary N) is 1. The Morgan fingerprint density at radius 3 is 3.04 bits per heavy atom. The first kappa shape index (κ1) is 15.0. The molecule has 1 amide bonds. The van der Waals surface area contributed by atoms with E-state index in [0.29, 0.717) is 5.13 Å². The fourth-order valence-corrected chi connectivity index (χ4v) is 4.05. The Morgan fingerprint density at radius 1 is 1.33 bits per heavy atom. The second-order valence-corrected chi connectivity index (χ2v) is 7.07. The molecule has 6 nitrogen and oxygen atoms in total. The summed E-state index contributed by atoms with van der Waals surface area (Å²) in [5, 5.41) is 5.40. The Bertz CT molecular complexity index is 974. The van der Waals surface area contributed by atoms with Gasteiger partial charge in [-0.05, 0) is 19.1 Å². The minimum Gasteiger partial charge on any atom is -0.302 e. The molecule has 120 valence electrons. The van der Waals surface area contributed by atoms with Crippen molar-refractivity contribution in [1.29, 1.82) is 0 Å². The molecule has 0 bridgehead atoms. The Kier molecular flexibility index (Phi) is 3.83. The molecule has 8 heteroatoms. The zero-order chi connectivity index (χ0) is 16.5. The van der Waals surface area contributed by atoms with Gasteiger partial charge in [-0.15, -0.1) is 11.3 Å². The van der Waals surface area contributed by atoms with Crippen LogP contribution in [0.25, 0.3) is 15.5 Å². The van der Waals surface area contributed by atoms with Crippen LogP contribution in [0, 0.1) is 6.92 Å². The number of aromatic nitrogens is 4. The summed E-state index contributed by atoms with van der Waals surface area (Å²) in [6, 6.07) is 5.74. The van der Waals surface area contributed by atoms with Crippen LogP contribution in [0.2, 0.25) is 0 Å². The average Bonchev–Trinajstić information content (AvgIpc) is 3.23. The summed E-state index contributed by atoms with van der Waals surface area (Å²) in [6.07, 6.45) is 5.78. The van der Waals surface area contributed by atoms with Crippen molar-refractivity contribution in [3.8, 4) is 10.6 Å². The monoisotopic (exact) mass is 355 g/mol. The molecule has 24 heavy (non-hydrogen) atoms. The maximum absolute atomic E-state index is 12.2. The highest BCUT2D eigenvalue weighted by atomic mass is 32.1. The van der Waals surface area contributed by atoms with E-state index < -0.39 is 0 Å². The quantitative estimate of drug-likeness (QED) is 0.609. The van der Waals surface area contributed by atoms with Crippen LogP contribution in [0.5, 0.6) is 0 Å². The first-order chi connectivity index (χ1) is 11.7. The summed E-state index contributed by atoms with van der Waals surface area (Å²) >= 11 is 2.97. The molecule has 0 fully saturated rings. The van der Waals surface area contributed by atoms with Crippen LogP contribution in [-0.2, 0) is 11.2 Å². The average molecular weight is 355 g/mol. The van der Waals surface area contributed by atoms with Crippen LogP contribution < -0.4 is 5.32 Å². The summed E-state index contributed by atoms with van der Waals surface area (Å²) in [6.45, 7) is 1.92. The van der Waals surface area contributed by atoms with E-state index in [1.54, 1.807) is 17.5 Å². The third-order valence-corrected chi connectivity index (χ3v) is 5.29. The van der Waals surface area contributed by atoms with E-state index in [1.165, 1.54) is 11.3 Å². The molecule has 0 radical (unpaired) electrons. The highest BCUT2D eigenvalue weighted by molar-refractivity contribution is 7.19. The molecule has 1 N–H and O–H groups in total. The number of imidazole rings is 1. The normalized spacial score (nSPS) is 11.0. The van der Waals surface area contributed by atoms with Crippen molar-refractivity contribution in [2.45, 2.75) is 13.3 Å². The second-order valence-electron chi connectivity index (χ2n) is 5.20. The van der Waals surface area contributed by atoms with E-state index in [2.05, 4.69) is 20.3 Å². The fraction of sp³-hybridized carbons (Fsp3) is 0.125. The van der Waals surface area contributed by atoms with Crippen LogP contribution in [0.3, 0.4) is 0 Å². The van der Waals surface area contributed by atoms with Crippen molar-refractivity contribution in [3.63, 3.8) is 0 Å². The van der Waals surface area contributed by atoms with Crippen molar-refractivity contribution in [2.24, 2.45) is 0 Å². The van der Waals surface area contributed by atoms with Gasteiger partial charge in [-0.1, -0.05) is 17.4 Å². The first-order valence-electron chi connectivity index (χ1n) is 7.29. The lowest BCUT2D eigenvalue weighted by Crippen LogP contribution is -2.14. The molecule has 0 spiro atoms. The van der Waals surface area contributed by atoms with Crippen LogP contribution >= 0.6 is 22.7 Å². The Labute approximate surface area is 145 Å². The molecule has 0 atom stereocenters. The van der Waals surface area contributed by atoms with Crippen LogP contribution in [0.15, 0.2) is 42.2 Å². The zero-order valence-corrected chi connectivity index (χ0v) is 14.4. The standard InChI is InChI=1S/C16H13N5OS2/c1-10-14(12-4-2-3-5-17-12)24-15(18-10)20-13(22)8-11-9-21-6-7-23-16(21)19-11/h2-7,9H,8H2,1H3,(H,18,20,22). The highest BCUT2D eigenvalue weighted by Gasteiger charge is 2.14. The fourth-order valence-electron chi connectivity index (χ4n) is 2.37. The lowest BCUT2D eigenvalue weighted by molar-refractivity contribution is -0.115. The molecule has 4 aromatic heterocycles. The molecular weight excluding hydrogens is 342 g/mol. The number of aryl methyl sites for hydroxylation is 1. The Morgan fingerprint density at radius 2 is 2.25 bits per heavy atom. The van der Waals surface area contributed by atoms with E-state index in [9.17, 15) is 4.79 Å². The third-order valence-electron chi connectivity index (χ3n) is 3.43. The van der Waals surface area contributed by atoms with Crippen LogP contribution in [0.1, 0.15) is 11.4 Å². The van der Waals surface area contributed by atoms with E-state index in [1.807, 2.05) is 47.3 Å². The van der Waals surface area contributed by atoms with Gasteiger partial charge in [0.25, 0.3) is 0 Å². The topological polar surface area (TPSA) is 72.2 Å². The molecule has 0 aromatic carbocycles. The number of hydrogen-bond acceptors (Lipinski definition) is 6.